The second-order valence-corrected chi connectivity index (χ2v) is 3.88. The van der Waals surface area contributed by atoms with Crippen molar-refractivity contribution >= 4 is 11.9 Å². The van der Waals surface area contributed by atoms with Crippen LogP contribution in [0.4, 0.5) is 0 Å². The maximum atomic E-state index is 11.8. The number of carbonyl (C=O) groups excluding carboxylic acids is 1. The van der Waals surface area contributed by atoms with Gasteiger partial charge in [0.05, 0.1) is 11.8 Å². The third kappa shape index (κ3) is 2.85. The molecule has 2 aromatic rings. The van der Waals surface area contributed by atoms with E-state index in [0.717, 1.165) is 12.1 Å². The first-order chi connectivity index (χ1) is 8.69. The quantitative estimate of drug-likeness (QED) is 0.662. The highest BCUT2D eigenvalue weighted by Crippen LogP contribution is 2.12. The van der Waals surface area contributed by atoms with Gasteiger partial charge in [-0.05, 0) is 30.7 Å². The van der Waals surface area contributed by atoms with Gasteiger partial charge in [0.2, 0.25) is 0 Å². The number of aromatic nitrogens is 2. The maximum Gasteiger partial charge on any atom is 0.189 e. The lowest BCUT2D eigenvalue weighted by Gasteiger charge is -1.94. The molecule has 0 bridgehead atoms. The Kier molecular flexibility index (Phi) is 3.57. The number of aryl methyl sites for hydroxylation is 1. The summed E-state index contributed by atoms with van der Waals surface area (Å²) in [6, 6.07) is 6.73. The molecular formula is C14H14N2O2. The Balaban J connectivity index is 2.11. The molecule has 0 aliphatic heterocycles. The van der Waals surface area contributed by atoms with Crippen molar-refractivity contribution in [1.82, 2.24) is 9.78 Å². The van der Waals surface area contributed by atoms with Gasteiger partial charge in [0.1, 0.15) is 5.75 Å². The lowest BCUT2D eigenvalue weighted by atomic mass is 10.1. The Morgan fingerprint density at radius 3 is 3.00 bits per heavy atom. The molecule has 0 aliphatic carbocycles. The fraction of sp³-hybridized carbons (Fsp3) is 0.143. The molecule has 1 N–H and O–H groups in total. The monoisotopic (exact) mass is 242 g/mol. The SMILES string of the molecule is CCn1cc(C(=O)/C=C\c2cccc(O)c2)cn1. The standard InChI is InChI=1S/C14H14N2O2/c1-2-16-10-12(9-15-16)14(18)7-6-11-4-3-5-13(17)8-11/h3-10,17H,2H2,1H3/b7-6-. The van der Waals surface area contributed by atoms with E-state index >= 15 is 0 Å². The molecule has 0 spiro atoms. The number of aromatic hydroxyl groups is 1. The number of hydrogen-bond donors (Lipinski definition) is 1. The van der Waals surface area contributed by atoms with Crippen molar-refractivity contribution in [2.24, 2.45) is 0 Å². The summed E-state index contributed by atoms with van der Waals surface area (Å²) in [5, 5.41) is 13.3. The highest BCUT2D eigenvalue weighted by molar-refractivity contribution is 6.06. The minimum atomic E-state index is -0.0990. The molecule has 1 heterocycles. The summed E-state index contributed by atoms with van der Waals surface area (Å²) in [5.41, 5.74) is 1.35. The second-order valence-electron chi connectivity index (χ2n) is 3.88. The zero-order chi connectivity index (χ0) is 13.0. The fourth-order valence-electron chi connectivity index (χ4n) is 1.56. The van der Waals surface area contributed by atoms with Crippen LogP contribution >= 0.6 is 0 Å². The molecule has 0 saturated carbocycles. The number of nitrogens with zero attached hydrogens (tertiary/aromatic N) is 2. The molecule has 18 heavy (non-hydrogen) atoms. The van der Waals surface area contributed by atoms with Gasteiger partial charge in [-0.15, -0.1) is 0 Å². The molecule has 0 aliphatic rings. The average molecular weight is 242 g/mol. The summed E-state index contributed by atoms with van der Waals surface area (Å²) < 4.78 is 1.70. The van der Waals surface area contributed by atoms with E-state index < -0.39 is 0 Å². The van der Waals surface area contributed by atoms with Gasteiger partial charge < -0.3 is 5.11 Å². The van der Waals surface area contributed by atoms with Crippen LogP contribution in [-0.4, -0.2) is 20.7 Å². The molecule has 0 unspecified atom stereocenters. The van der Waals surface area contributed by atoms with Gasteiger partial charge in [-0.1, -0.05) is 18.2 Å². The summed E-state index contributed by atoms with van der Waals surface area (Å²) in [4.78, 5) is 11.8. The van der Waals surface area contributed by atoms with E-state index in [9.17, 15) is 9.90 Å². The smallest absolute Gasteiger partial charge is 0.189 e. The minimum absolute atomic E-state index is 0.0990. The number of hydrogen-bond acceptors (Lipinski definition) is 3. The summed E-state index contributed by atoms with van der Waals surface area (Å²) in [6.07, 6.45) is 6.42. The first kappa shape index (κ1) is 12.1. The topological polar surface area (TPSA) is 55.1 Å². The van der Waals surface area contributed by atoms with E-state index in [2.05, 4.69) is 5.10 Å². The lowest BCUT2D eigenvalue weighted by Crippen LogP contribution is -1.94. The lowest BCUT2D eigenvalue weighted by molar-refractivity contribution is 0.104. The van der Waals surface area contributed by atoms with Gasteiger partial charge in [-0.2, -0.15) is 5.10 Å². The molecule has 0 atom stereocenters. The number of allylic oxidation sites excluding steroid dienone is 1. The molecular weight excluding hydrogens is 228 g/mol. The van der Waals surface area contributed by atoms with Crippen LogP contribution in [0.3, 0.4) is 0 Å². The van der Waals surface area contributed by atoms with Crippen molar-refractivity contribution < 1.29 is 9.90 Å². The molecule has 2 rings (SSSR count). The second kappa shape index (κ2) is 5.31. The molecule has 1 aromatic carbocycles. The van der Waals surface area contributed by atoms with Crippen molar-refractivity contribution in [2.75, 3.05) is 0 Å². The number of ketones is 1. The van der Waals surface area contributed by atoms with E-state index in [4.69, 9.17) is 0 Å². The van der Waals surface area contributed by atoms with Crippen molar-refractivity contribution in [2.45, 2.75) is 13.5 Å². The normalized spacial score (nSPS) is 10.9. The molecule has 0 saturated heterocycles. The van der Waals surface area contributed by atoms with Gasteiger partial charge in [0.25, 0.3) is 0 Å². The Morgan fingerprint density at radius 2 is 2.33 bits per heavy atom. The van der Waals surface area contributed by atoms with Gasteiger partial charge in [-0.3, -0.25) is 9.48 Å². The van der Waals surface area contributed by atoms with E-state index in [-0.39, 0.29) is 11.5 Å². The van der Waals surface area contributed by atoms with Crippen LogP contribution in [-0.2, 0) is 6.54 Å². The van der Waals surface area contributed by atoms with E-state index in [1.54, 1.807) is 41.4 Å². The summed E-state index contributed by atoms with van der Waals surface area (Å²) >= 11 is 0. The third-order valence-electron chi connectivity index (χ3n) is 2.54. The molecule has 0 radical (unpaired) electrons. The maximum absolute atomic E-state index is 11.8. The van der Waals surface area contributed by atoms with Gasteiger partial charge in [0, 0.05) is 12.7 Å². The van der Waals surface area contributed by atoms with Crippen LogP contribution < -0.4 is 0 Å². The predicted molar refractivity (Wildman–Crippen MR) is 69.4 cm³/mol. The van der Waals surface area contributed by atoms with Crippen LogP contribution in [0.25, 0.3) is 6.08 Å². The highest BCUT2D eigenvalue weighted by Gasteiger charge is 2.04. The summed E-state index contributed by atoms with van der Waals surface area (Å²) in [6.45, 7) is 2.70. The van der Waals surface area contributed by atoms with Crippen molar-refractivity contribution in [1.29, 1.82) is 0 Å². The number of carbonyl (C=O) groups is 1. The van der Waals surface area contributed by atoms with Crippen LogP contribution in [0, 0.1) is 0 Å². The van der Waals surface area contributed by atoms with Crippen molar-refractivity contribution in [3.8, 4) is 5.75 Å². The van der Waals surface area contributed by atoms with Crippen LogP contribution in [0.1, 0.15) is 22.8 Å². The van der Waals surface area contributed by atoms with Crippen LogP contribution in [0.2, 0.25) is 0 Å². The molecule has 4 nitrogen and oxygen atoms in total. The van der Waals surface area contributed by atoms with Crippen molar-refractivity contribution in [3.63, 3.8) is 0 Å². The van der Waals surface area contributed by atoms with E-state index in [1.165, 1.54) is 6.08 Å². The summed E-state index contributed by atoms with van der Waals surface area (Å²) in [5.74, 6) is 0.0847. The summed E-state index contributed by atoms with van der Waals surface area (Å²) in [7, 11) is 0. The highest BCUT2D eigenvalue weighted by atomic mass is 16.3. The third-order valence-corrected chi connectivity index (χ3v) is 2.54. The van der Waals surface area contributed by atoms with Gasteiger partial charge in [-0.25, -0.2) is 0 Å². The first-order valence-electron chi connectivity index (χ1n) is 5.73. The largest absolute Gasteiger partial charge is 0.508 e. The number of rotatable bonds is 4. The van der Waals surface area contributed by atoms with Gasteiger partial charge in [0.15, 0.2) is 5.78 Å². The molecule has 0 amide bonds. The Bertz CT molecular complexity index is 585. The molecule has 4 heteroatoms. The zero-order valence-corrected chi connectivity index (χ0v) is 10.1. The predicted octanol–water partition coefficient (Wildman–Crippen LogP) is 2.50. The molecule has 1 aromatic heterocycles. The molecule has 0 fully saturated rings. The van der Waals surface area contributed by atoms with Crippen molar-refractivity contribution in [3.05, 3.63) is 53.9 Å². The fourth-order valence-corrected chi connectivity index (χ4v) is 1.56. The number of phenolic OH excluding ortho intramolecular Hbond substituents is 1. The number of phenols is 1. The average Bonchev–Trinajstić information content (AvgIpc) is 2.85. The Labute approximate surface area is 105 Å². The van der Waals surface area contributed by atoms with Crippen LogP contribution in [0.15, 0.2) is 42.7 Å². The Hall–Kier alpha value is -2.36. The Morgan fingerprint density at radius 1 is 1.50 bits per heavy atom. The van der Waals surface area contributed by atoms with E-state index in [1.807, 2.05) is 13.0 Å². The van der Waals surface area contributed by atoms with Crippen LogP contribution in [0.5, 0.6) is 5.75 Å². The number of benzene rings is 1. The minimum Gasteiger partial charge on any atom is -0.508 e. The van der Waals surface area contributed by atoms with Gasteiger partial charge >= 0.3 is 0 Å². The first-order valence-corrected chi connectivity index (χ1v) is 5.73. The molecule has 92 valence electrons. The van der Waals surface area contributed by atoms with E-state index in [0.29, 0.717) is 5.56 Å². The zero-order valence-electron chi connectivity index (χ0n) is 10.1.